The van der Waals surface area contributed by atoms with Gasteiger partial charge in [-0.25, -0.2) is 0 Å². The normalized spacial score (nSPS) is 10.5. The van der Waals surface area contributed by atoms with Gasteiger partial charge in [-0.1, -0.05) is 42.5 Å². The van der Waals surface area contributed by atoms with Gasteiger partial charge >= 0.3 is 0 Å². The first-order valence-electron chi connectivity index (χ1n) is 5.74. The Morgan fingerprint density at radius 3 is 2.50 bits per heavy atom. The molecule has 1 N–H and O–H groups in total. The van der Waals surface area contributed by atoms with Gasteiger partial charge in [0.1, 0.15) is 0 Å². The fourth-order valence-electron chi connectivity index (χ4n) is 1.97. The van der Waals surface area contributed by atoms with Gasteiger partial charge in [-0.15, -0.1) is 10.2 Å². The fraction of sp³-hybridized carbons (Fsp3) is 0.0714. The molecule has 0 bridgehead atoms. The van der Waals surface area contributed by atoms with Crippen molar-refractivity contribution in [3.63, 3.8) is 0 Å². The van der Waals surface area contributed by atoms with E-state index in [-0.39, 0.29) is 0 Å². The minimum Gasteiger partial charge on any atom is -0.177 e. The Bertz CT molecular complexity index is 645. The number of rotatable bonds is 2. The maximum absolute atomic E-state index is 4.00. The second kappa shape index (κ2) is 4.41. The van der Waals surface area contributed by atoms with Gasteiger partial charge in [0, 0.05) is 5.56 Å². The van der Waals surface area contributed by atoms with E-state index in [0.717, 1.165) is 5.56 Å². The highest BCUT2D eigenvalue weighted by Crippen LogP contribution is 2.27. The first-order valence-corrected chi connectivity index (χ1v) is 5.74. The Balaban J connectivity index is 2.13. The Morgan fingerprint density at radius 1 is 0.944 bits per heavy atom. The summed E-state index contributed by atoms with van der Waals surface area (Å²) in [6.45, 7) is 2.10. The van der Waals surface area contributed by atoms with Crippen molar-refractivity contribution in [3.05, 3.63) is 54.1 Å². The molecule has 18 heavy (non-hydrogen) atoms. The van der Waals surface area contributed by atoms with Gasteiger partial charge in [0.25, 0.3) is 0 Å². The second-order valence-corrected chi connectivity index (χ2v) is 4.13. The summed E-state index contributed by atoms with van der Waals surface area (Å²) in [5, 5.41) is 14.1. The van der Waals surface area contributed by atoms with Crippen LogP contribution >= 0.6 is 0 Å². The van der Waals surface area contributed by atoms with Crippen LogP contribution in [0.3, 0.4) is 0 Å². The van der Waals surface area contributed by atoms with E-state index in [1.165, 1.54) is 16.7 Å². The maximum atomic E-state index is 4.00. The molecule has 1 aromatic heterocycles. The van der Waals surface area contributed by atoms with Crippen LogP contribution in [0.25, 0.3) is 22.5 Å². The molecule has 0 aliphatic rings. The third-order valence-corrected chi connectivity index (χ3v) is 2.93. The fourth-order valence-corrected chi connectivity index (χ4v) is 1.97. The van der Waals surface area contributed by atoms with E-state index in [1.807, 2.05) is 24.3 Å². The first kappa shape index (κ1) is 10.7. The number of aromatic nitrogens is 4. The third kappa shape index (κ3) is 1.88. The predicted molar refractivity (Wildman–Crippen MR) is 69.8 cm³/mol. The van der Waals surface area contributed by atoms with Crippen LogP contribution in [-0.4, -0.2) is 20.6 Å². The summed E-state index contributed by atoms with van der Waals surface area (Å²) in [5.41, 5.74) is 4.58. The standard InChI is InChI=1S/C14H12N4/c1-10-7-8-12(14-15-17-18-16-14)9-13(10)11-5-3-2-4-6-11/h2-9H,1H3,(H,15,16,17,18). The minimum absolute atomic E-state index is 0.618. The van der Waals surface area contributed by atoms with Crippen molar-refractivity contribution in [2.24, 2.45) is 0 Å². The average molecular weight is 236 g/mol. The first-order chi connectivity index (χ1) is 8.84. The zero-order valence-electron chi connectivity index (χ0n) is 9.96. The molecule has 88 valence electrons. The van der Waals surface area contributed by atoms with E-state index in [9.17, 15) is 0 Å². The van der Waals surface area contributed by atoms with E-state index < -0.39 is 0 Å². The van der Waals surface area contributed by atoms with Crippen LogP contribution in [0, 0.1) is 6.92 Å². The Hall–Kier alpha value is -2.49. The van der Waals surface area contributed by atoms with E-state index in [4.69, 9.17) is 0 Å². The minimum atomic E-state index is 0.618. The molecule has 0 aliphatic heterocycles. The lowest BCUT2D eigenvalue weighted by Crippen LogP contribution is -1.87. The largest absolute Gasteiger partial charge is 0.204 e. The Morgan fingerprint density at radius 2 is 1.78 bits per heavy atom. The summed E-state index contributed by atoms with van der Waals surface area (Å²) in [4.78, 5) is 0. The molecule has 0 spiro atoms. The highest BCUT2D eigenvalue weighted by molar-refractivity contribution is 5.72. The second-order valence-electron chi connectivity index (χ2n) is 4.13. The monoisotopic (exact) mass is 236 g/mol. The average Bonchev–Trinajstić information content (AvgIpc) is 2.94. The summed E-state index contributed by atoms with van der Waals surface area (Å²) in [7, 11) is 0. The van der Waals surface area contributed by atoms with Crippen molar-refractivity contribution in [3.8, 4) is 22.5 Å². The van der Waals surface area contributed by atoms with Crippen molar-refractivity contribution < 1.29 is 0 Å². The van der Waals surface area contributed by atoms with Crippen molar-refractivity contribution in [2.75, 3.05) is 0 Å². The lowest BCUT2D eigenvalue weighted by molar-refractivity contribution is 0.881. The van der Waals surface area contributed by atoms with Gasteiger partial charge in [-0.05, 0) is 34.9 Å². The molecule has 3 aromatic rings. The SMILES string of the molecule is Cc1ccc(-c2nn[nH]n2)cc1-c1ccccc1. The number of aromatic amines is 1. The molecule has 3 rings (SSSR count). The molecule has 0 saturated carbocycles. The summed E-state index contributed by atoms with van der Waals surface area (Å²) in [6.07, 6.45) is 0. The van der Waals surface area contributed by atoms with Gasteiger partial charge in [0.05, 0.1) is 0 Å². The van der Waals surface area contributed by atoms with Crippen LogP contribution in [0.2, 0.25) is 0 Å². The molecule has 0 amide bonds. The number of H-pyrrole nitrogens is 1. The number of aryl methyl sites for hydroxylation is 1. The van der Waals surface area contributed by atoms with Crippen LogP contribution in [0.1, 0.15) is 5.56 Å². The van der Waals surface area contributed by atoms with Crippen LogP contribution in [0.15, 0.2) is 48.5 Å². The molecule has 2 aromatic carbocycles. The molecule has 0 saturated heterocycles. The number of hydrogen-bond acceptors (Lipinski definition) is 3. The lowest BCUT2D eigenvalue weighted by atomic mass is 9.98. The quantitative estimate of drug-likeness (QED) is 0.744. The van der Waals surface area contributed by atoms with Gasteiger partial charge < -0.3 is 0 Å². The molecule has 4 nitrogen and oxygen atoms in total. The number of hydrogen-bond donors (Lipinski definition) is 1. The molecule has 4 heteroatoms. The maximum Gasteiger partial charge on any atom is 0.204 e. The molecule has 0 fully saturated rings. The lowest BCUT2D eigenvalue weighted by Gasteiger charge is -2.07. The summed E-state index contributed by atoms with van der Waals surface area (Å²) >= 11 is 0. The molecular formula is C14H12N4. The number of benzene rings is 2. The van der Waals surface area contributed by atoms with Crippen molar-refractivity contribution in [2.45, 2.75) is 6.92 Å². The van der Waals surface area contributed by atoms with E-state index in [1.54, 1.807) is 0 Å². The van der Waals surface area contributed by atoms with E-state index >= 15 is 0 Å². The van der Waals surface area contributed by atoms with Crippen molar-refractivity contribution >= 4 is 0 Å². The zero-order valence-corrected chi connectivity index (χ0v) is 9.96. The summed E-state index contributed by atoms with van der Waals surface area (Å²) in [5.74, 6) is 0.618. The smallest absolute Gasteiger partial charge is 0.177 e. The molecular weight excluding hydrogens is 224 g/mol. The number of nitrogens with one attached hydrogen (secondary N) is 1. The van der Waals surface area contributed by atoms with Crippen molar-refractivity contribution in [1.29, 1.82) is 0 Å². The van der Waals surface area contributed by atoms with Crippen molar-refractivity contribution in [1.82, 2.24) is 20.6 Å². The highest BCUT2D eigenvalue weighted by Gasteiger charge is 2.07. The van der Waals surface area contributed by atoms with E-state index in [2.05, 4.69) is 51.8 Å². The van der Waals surface area contributed by atoms with Crippen LogP contribution in [0.5, 0.6) is 0 Å². The topological polar surface area (TPSA) is 54.5 Å². The molecule has 0 aliphatic carbocycles. The molecule has 0 radical (unpaired) electrons. The highest BCUT2D eigenvalue weighted by atomic mass is 15.5. The number of tetrazole rings is 1. The Kier molecular flexibility index (Phi) is 2.61. The summed E-state index contributed by atoms with van der Waals surface area (Å²) < 4.78 is 0. The summed E-state index contributed by atoms with van der Waals surface area (Å²) in [6, 6.07) is 16.5. The van der Waals surface area contributed by atoms with Gasteiger partial charge in [0.15, 0.2) is 0 Å². The van der Waals surface area contributed by atoms with E-state index in [0.29, 0.717) is 5.82 Å². The third-order valence-electron chi connectivity index (χ3n) is 2.93. The number of nitrogens with zero attached hydrogens (tertiary/aromatic N) is 3. The van der Waals surface area contributed by atoms with Gasteiger partial charge in [-0.3, -0.25) is 0 Å². The van der Waals surface area contributed by atoms with Gasteiger partial charge in [0.2, 0.25) is 5.82 Å². The zero-order chi connectivity index (χ0) is 12.4. The molecule has 1 heterocycles. The van der Waals surface area contributed by atoms with Crippen LogP contribution in [0.4, 0.5) is 0 Å². The molecule has 0 atom stereocenters. The van der Waals surface area contributed by atoms with Crippen LogP contribution < -0.4 is 0 Å². The van der Waals surface area contributed by atoms with Gasteiger partial charge in [-0.2, -0.15) is 5.21 Å². The molecule has 0 unspecified atom stereocenters. The van der Waals surface area contributed by atoms with Crippen LogP contribution in [-0.2, 0) is 0 Å². The predicted octanol–water partition coefficient (Wildman–Crippen LogP) is 2.84. The Labute approximate surface area is 105 Å².